The molecule has 0 spiro atoms. The minimum Gasteiger partial charge on any atom is -0.488 e. The fraction of sp³-hybridized carbons (Fsp3) is 0.0435. The maximum Gasteiger partial charge on any atom is 0.307 e. The van der Waals surface area contributed by atoms with Crippen LogP contribution < -0.4 is 10.2 Å². The van der Waals surface area contributed by atoms with Crippen LogP contribution in [0.2, 0.25) is 5.02 Å². The van der Waals surface area contributed by atoms with Gasteiger partial charge in [-0.3, -0.25) is 4.79 Å². The van der Waals surface area contributed by atoms with Crippen LogP contribution in [0.3, 0.4) is 0 Å². The van der Waals surface area contributed by atoms with Crippen LogP contribution in [0.5, 0.6) is 5.75 Å². The average molecular weight is 610 g/mol. The number of amides is 1. The molecule has 4 rings (SSSR count). The summed E-state index contributed by atoms with van der Waals surface area (Å²) in [6.07, 6.45) is 1.55. The Hall–Kier alpha value is -2.36. The standard InChI is InChI=1S/C23H15BrClIN2O3/c24-19-9-15(3-7-21(19)30-13-14-1-5-18(26)6-2-14)12-27-28-23(29)22-11-16-10-17(25)4-8-20(16)31-22/h1-12H,13H2,(H,28,29)/b27-12+. The second-order valence-electron chi connectivity index (χ2n) is 6.60. The predicted octanol–water partition coefficient (Wildman–Crippen LogP) is 6.80. The molecule has 1 N–H and O–H groups in total. The molecule has 156 valence electrons. The molecule has 0 atom stereocenters. The van der Waals surface area contributed by atoms with E-state index in [-0.39, 0.29) is 5.76 Å². The molecular formula is C23H15BrClIN2O3. The summed E-state index contributed by atoms with van der Waals surface area (Å²) < 4.78 is 13.4. The van der Waals surface area contributed by atoms with Gasteiger partial charge >= 0.3 is 5.91 Å². The Morgan fingerprint density at radius 1 is 1.13 bits per heavy atom. The van der Waals surface area contributed by atoms with E-state index in [2.05, 4.69) is 49.0 Å². The number of carbonyl (C=O) groups is 1. The topological polar surface area (TPSA) is 63.8 Å². The number of hydrogen-bond acceptors (Lipinski definition) is 4. The molecule has 0 aliphatic carbocycles. The summed E-state index contributed by atoms with van der Waals surface area (Å²) in [7, 11) is 0. The third-order valence-corrected chi connectivity index (χ3v) is 5.92. The van der Waals surface area contributed by atoms with Crippen molar-refractivity contribution in [1.82, 2.24) is 5.43 Å². The van der Waals surface area contributed by atoms with E-state index in [1.807, 2.05) is 42.5 Å². The highest BCUT2D eigenvalue weighted by atomic mass is 127. The third-order valence-electron chi connectivity index (χ3n) is 4.35. The molecule has 1 heterocycles. The predicted molar refractivity (Wildman–Crippen MR) is 134 cm³/mol. The molecule has 8 heteroatoms. The molecular weight excluding hydrogens is 595 g/mol. The van der Waals surface area contributed by atoms with Gasteiger partial charge in [0.15, 0.2) is 5.76 Å². The lowest BCUT2D eigenvalue weighted by Crippen LogP contribution is -2.16. The van der Waals surface area contributed by atoms with Gasteiger partial charge in [0.2, 0.25) is 0 Å². The molecule has 31 heavy (non-hydrogen) atoms. The smallest absolute Gasteiger partial charge is 0.307 e. The summed E-state index contributed by atoms with van der Waals surface area (Å²) in [6.45, 7) is 0.474. The van der Waals surface area contributed by atoms with Gasteiger partial charge in [0.05, 0.1) is 10.7 Å². The second kappa shape index (κ2) is 9.84. The number of halogens is 3. The molecule has 0 fully saturated rings. The first-order valence-electron chi connectivity index (χ1n) is 9.17. The highest BCUT2D eigenvalue weighted by molar-refractivity contribution is 14.1. The Morgan fingerprint density at radius 3 is 2.71 bits per heavy atom. The van der Waals surface area contributed by atoms with E-state index in [0.29, 0.717) is 17.2 Å². The van der Waals surface area contributed by atoms with E-state index < -0.39 is 5.91 Å². The maximum absolute atomic E-state index is 12.3. The van der Waals surface area contributed by atoms with E-state index in [9.17, 15) is 4.79 Å². The van der Waals surface area contributed by atoms with Crippen LogP contribution in [0.15, 0.2) is 80.7 Å². The molecule has 0 saturated heterocycles. The van der Waals surface area contributed by atoms with Gasteiger partial charge in [0.25, 0.3) is 0 Å². The van der Waals surface area contributed by atoms with E-state index in [4.69, 9.17) is 20.8 Å². The van der Waals surface area contributed by atoms with Crippen LogP contribution >= 0.6 is 50.1 Å². The SMILES string of the molecule is O=C(N/N=C/c1ccc(OCc2ccc(I)cc2)c(Br)c1)c1cc2cc(Cl)ccc2o1. The van der Waals surface area contributed by atoms with Crippen molar-refractivity contribution in [3.8, 4) is 5.75 Å². The number of nitrogens with zero attached hydrogens (tertiary/aromatic N) is 1. The largest absolute Gasteiger partial charge is 0.488 e. The normalized spacial score (nSPS) is 11.2. The molecule has 0 unspecified atom stereocenters. The van der Waals surface area contributed by atoms with E-state index in [0.717, 1.165) is 26.7 Å². The van der Waals surface area contributed by atoms with Crippen LogP contribution in [0.4, 0.5) is 0 Å². The molecule has 0 radical (unpaired) electrons. The van der Waals surface area contributed by atoms with Gasteiger partial charge in [0.1, 0.15) is 17.9 Å². The van der Waals surface area contributed by atoms with E-state index in [1.54, 1.807) is 30.5 Å². The van der Waals surface area contributed by atoms with Crippen LogP contribution in [-0.4, -0.2) is 12.1 Å². The zero-order valence-electron chi connectivity index (χ0n) is 15.9. The number of nitrogens with one attached hydrogen (secondary N) is 1. The highest BCUT2D eigenvalue weighted by Gasteiger charge is 2.11. The lowest BCUT2D eigenvalue weighted by Gasteiger charge is -2.09. The van der Waals surface area contributed by atoms with Gasteiger partial charge < -0.3 is 9.15 Å². The molecule has 3 aromatic carbocycles. The molecule has 0 aliphatic heterocycles. The van der Waals surface area contributed by atoms with Gasteiger partial charge in [-0.05, 0) is 104 Å². The molecule has 5 nitrogen and oxygen atoms in total. The van der Waals surface area contributed by atoms with E-state index >= 15 is 0 Å². The zero-order valence-corrected chi connectivity index (χ0v) is 20.4. The lowest BCUT2D eigenvalue weighted by atomic mass is 10.2. The second-order valence-corrected chi connectivity index (χ2v) is 9.13. The Labute approximate surface area is 205 Å². The zero-order chi connectivity index (χ0) is 21.8. The molecule has 4 aromatic rings. The summed E-state index contributed by atoms with van der Waals surface area (Å²) in [6, 6.07) is 20.5. The van der Waals surface area contributed by atoms with Crippen molar-refractivity contribution in [2.75, 3.05) is 0 Å². The molecule has 0 aliphatic rings. The first-order chi connectivity index (χ1) is 15.0. The maximum atomic E-state index is 12.3. The minimum absolute atomic E-state index is 0.162. The van der Waals surface area contributed by atoms with Gasteiger partial charge in [-0.15, -0.1) is 0 Å². The number of furan rings is 1. The van der Waals surface area contributed by atoms with Crippen LogP contribution in [0.25, 0.3) is 11.0 Å². The van der Waals surface area contributed by atoms with Gasteiger partial charge in [-0.2, -0.15) is 5.10 Å². The Kier molecular flexibility index (Phi) is 6.94. The number of hydrogen-bond donors (Lipinski definition) is 1. The number of ether oxygens (including phenoxy) is 1. The van der Waals surface area contributed by atoms with Gasteiger partial charge in [-0.25, -0.2) is 5.43 Å². The number of fused-ring (bicyclic) bond motifs is 1. The Balaban J connectivity index is 1.36. The highest BCUT2D eigenvalue weighted by Crippen LogP contribution is 2.26. The number of hydrazone groups is 1. The van der Waals surface area contributed by atoms with Crippen molar-refractivity contribution in [2.24, 2.45) is 5.10 Å². The van der Waals surface area contributed by atoms with Crippen molar-refractivity contribution in [3.63, 3.8) is 0 Å². The van der Waals surface area contributed by atoms with Crippen molar-refractivity contribution in [1.29, 1.82) is 0 Å². The lowest BCUT2D eigenvalue weighted by molar-refractivity contribution is 0.0929. The monoisotopic (exact) mass is 608 g/mol. The molecule has 1 aromatic heterocycles. The molecule has 0 bridgehead atoms. The molecule has 0 saturated carbocycles. The van der Waals surface area contributed by atoms with Crippen molar-refractivity contribution < 1.29 is 13.9 Å². The number of benzene rings is 3. The fourth-order valence-corrected chi connectivity index (χ4v) is 3.85. The van der Waals surface area contributed by atoms with Crippen LogP contribution in [0.1, 0.15) is 21.7 Å². The van der Waals surface area contributed by atoms with Crippen molar-refractivity contribution in [2.45, 2.75) is 6.61 Å². The van der Waals surface area contributed by atoms with Crippen molar-refractivity contribution >= 4 is 73.2 Å². The average Bonchev–Trinajstić information content (AvgIpc) is 3.17. The van der Waals surface area contributed by atoms with Gasteiger partial charge in [-0.1, -0.05) is 23.7 Å². The summed E-state index contributed by atoms with van der Waals surface area (Å²) >= 11 is 11.7. The number of rotatable bonds is 6. The Bertz CT molecular complexity index is 1270. The van der Waals surface area contributed by atoms with Gasteiger partial charge in [0, 0.05) is 14.0 Å². The first kappa shape index (κ1) is 21.9. The van der Waals surface area contributed by atoms with Crippen LogP contribution in [-0.2, 0) is 6.61 Å². The van der Waals surface area contributed by atoms with Crippen molar-refractivity contribution in [3.05, 3.63) is 96.7 Å². The minimum atomic E-state index is -0.444. The van der Waals surface area contributed by atoms with E-state index in [1.165, 1.54) is 3.57 Å². The summed E-state index contributed by atoms with van der Waals surface area (Å²) in [4.78, 5) is 12.3. The summed E-state index contributed by atoms with van der Waals surface area (Å²) in [5, 5.41) is 5.34. The fourth-order valence-electron chi connectivity index (χ4n) is 2.80. The summed E-state index contributed by atoms with van der Waals surface area (Å²) in [5.74, 6) is 0.440. The quantitative estimate of drug-likeness (QED) is 0.149. The first-order valence-corrected chi connectivity index (χ1v) is 11.4. The third kappa shape index (κ3) is 5.66. The summed E-state index contributed by atoms with van der Waals surface area (Å²) in [5.41, 5.74) is 4.94. The molecule has 1 amide bonds. The van der Waals surface area contributed by atoms with Crippen LogP contribution in [0, 0.1) is 3.57 Å². The Morgan fingerprint density at radius 2 is 1.94 bits per heavy atom. The number of carbonyl (C=O) groups excluding carboxylic acids is 1.